The fourth-order valence-corrected chi connectivity index (χ4v) is 5.18. The first-order valence-electron chi connectivity index (χ1n) is 8.28. The molecule has 1 aromatic rings. The Kier molecular flexibility index (Phi) is 3.03. The van der Waals surface area contributed by atoms with E-state index in [0.29, 0.717) is 0 Å². The summed E-state index contributed by atoms with van der Waals surface area (Å²) in [6, 6.07) is 8.59. The monoisotopic (exact) mass is 271 g/mol. The zero-order valence-electron chi connectivity index (χ0n) is 12.3. The molecule has 2 bridgehead atoms. The zero-order valence-corrected chi connectivity index (χ0v) is 12.3. The predicted octanol–water partition coefficient (Wildman–Crippen LogP) is 3.77. The molecule has 3 fully saturated rings. The molecule has 5 unspecified atom stereocenters. The van der Waals surface area contributed by atoms with Gasteiger partial charge in [0.05, 0.1) is 6.61 Å². The minimum atomic E-state index is 0.182. The lowest BCUT2D eigenvalue weighted by molar-refractivity contribution is 0.308. The van der Waals surface area contributed by atoms with Crippen molar-refractivity contribution < 1.29 is 4.74 Å². The van der Waals surface area contributed by atoms with Crippen LogP contribution in [-0.4, -0.2) is 6.61 Å². The summed E-state index contributed by atoms with van der Waals surface area (Å²) in [7, 11) is 0. The maximum Gasteiger partial charge on any atom is 0.124 e. The van der Waals surface area contributed by atoms with Crippen molar-refractivity contribution in [2.24, 2.45) is 35.3 Å². The van der Waals surface area contributed by atoms with E-state index in [0.717, 1.165) is 48.4 Å². The molecule has 0 aromatic heterocycles. The average molecular weight is 271 g/mol. The molecular formula is C18H25NO. The molecular weight excluding hydrogens is 246 g/mol. The molecule has 0 spiro atoms. The van der Waals surface area contributed by atoms with Gasteiger partial charge in [0.1, 0.15) is 5.75 Å². The Hall–Kier alpha value is -1.02. The first kappa shape index (κ1) is 12.7. The number of benzene rings is 1. The molecule has 2 heteroatoms. The second kappa shape index (κ2) is 4.77. The van der Waals surface area contributed by atoms with Gasteiger partial charge >= 0.3 is 0 Å². The lowest BCUT2D eigenvalue weighted by Gasteiger charge is -2.19. The van der Waals surface area contributed by atoms with Crippen molar-refractivity contribution in [3.05, 3.63) is 29.8 Å². The van der Waals surface area contributed by atoms with E-state index in [9.17, 15) is 0 Å². The highest BCUT2D eigenvalue weighted by molar-refractivity contribution is 5.38. The average Bonchev–Trinajstić information content (AvgIpc) is 2.92. The Bertz CT molecular complexity index is 484. The summed E-state index contributed by atoms with van der Waals surface area (Å²) in [6.45, 7) is 2.93. The van der Waals surface area contributed by atoms with E-state index in [-0.39, 0.29) is 6.04 Å². The summed E-state index contributed by atoms with van der Waals surface area (Å²) >= 11 is 0. The summed E-state index contributed by atoms with van der Waals surface area (Å²) < 4.78 is 5.90. The molecule has 0 heterocycles. The second-order valence-electron chi connectivity index (χ2n) is 6.98. The molecule has 1 aromatic carbocycles. The molecule has 0 radical (unpaired) electrons. The van der Waals surface area contributed by atoms with Crippen molar-refractivity contribution in [1.29, 1.82) is 0 Å². The van der Waals surface area contributed by atoms with E-state index in [1.165, 1.54) is 24.8 Å². The van der Waals surface area contributed by atoms with Crippen molar-refractivity contribution in [3.63, 3.8) is 0 Å². The van der Waals surface area contributed by atoms with E-state index in [1.807, 2.05) is 0 Å². The normalized spacial score (nSPS) is 38.6. The smallest absolute Gasteiger partial charge is 0.124 e. The van der Waals surface area contributed by atoms with Crippen LogP contribution in [0.25, 0.3) is 0 Å². The Balaban J connectivity index is 1.53. The Labute approximate surface area is 121 Å². The van der Waals surface area contributed by atoms with Gasteiger partial charge in [0.25, 0.3) is 0 Å². The largest absolute Gasteiger partial charge is 0.493 e. The molecule has 5 atom stereocenters. The summed E-state index contributed by atoms with van der Waals surface area (Å²) in [5.41, 5.74) is 7.87. The SMILES string of the molecule is CCCOc1ccccc1C(N)C1C2C3CCC(C3)C21. The molecule has 0 saturated heterocycles. The molecule has 3 aliphatic rings. The lowest BCUT2D eigenvalue weighted by atomic mass is 9.93. The van der Waals surface area contributed by atoms with Gasteiger partial charge in [-0.05, 0) is 61.3 Å². The number of nitrogens with two attached hydrogens (primary N) is 1. The van der Waals surface area contributed by atoms with Crippen LogP contribution >= 0.6 is 0 Å². The van der Waals surface area contributed by atoms with Gasteiger partial charge in [0.2, 0.25) is 0 Å². The standard InChI is InChI=1S/C18H25NO/c1-2-9-20-14-6-4-3-5-13(14)18(19)17-15-11-7-8-12(10-11)16(15)17/h3-6,11-12,15-18H,2,7-10,19H2,1H3. The van der Waals surface area contributed by atoms with Gasteiger partial charge < -0.3 is 10.5 Å². The second-order valence-corrected chi connectivity index (χ2v) is 6.98. The fourth-order valence-electron chi connectivity index (χ4n) is 5.18. The minimum Gasteiger partial charge on any atom is -0.493 e. The number of hydrogen-bond donors (Lipinski definition) is 1. The topological polar surface area (TPSA) is 35.2 Å². The third-order valence-corrected chi connectivity index (χ3v) is 5.95. The van der Waals surface area contributed by atoms with Gasteiger partial charge in [-0.25, -0.2) is 0 Å². The van der Waals surface area contributed by atoms with Gasteiger partial charge in [0.15, 0.2) is 0 Å². The number of rotatable bonds is 5. The zero-order chi connectivity index (χ0) is 13.7. The Morgan fingerprint density at radius 2 is 1.90 bits per heavy atom. The summed E-state index contributed by atoms with van der Waals surface area (Å²) in [5.74, 6) is 5.59. The van der Waals surface area contributed by atoms with Gasteiger partial charge in [-0.15, -0.1) is 0 Å². The maximum atomic E-state index is 6.64. The number of fused-ring (bicyclic) bond motifs is 5. The molecule has 3 aliphatic carbocycles. The van der Waals surface area contributed by atoms with Crippen molar-refractivity contribution in [1.82, 2.24) is 0 Å². The van der Waals surface area contributed by atoms with E-state index in [1.54, 1.807) is 0 Å². The third-order valence-electron chi connectivity index (χ3n) is 5.95. The molecule has 4 rings (SSSR count). The van der Waals surface area contributed by atoms with Crippen LogP contribution in [0.15, 0.2) is 24.3 Å². The maximum absolute atomic E-state index is 6.64. The quantitative estimate of drug-likeness (QED) is 0.885. The van der Waals surface area contributed by atoms with Crippen molar-refractivity contribution in [2.75, 3.05) is 6.61 Å². The van der Waals surface area contributed by atoms with E-state index < -0.39 is 0 Å². The molecule has 0 amide bonds. The lowest BCUT2D eigenvalue weighted by Crippen LogP contribution is -2.18. The number of para-hydroxylation sites is 1. The first-order chi connectivity index (χ1) is 9.81. The van der Waals surface area contributed by atoms with Gasteiger partial charge in [-0.1, -0.05) is 25.1 Å². The summed E-state index contributed by atoms with van der Waals surface area (Å²) in [4.78, 5) is 0. The van der Waals surface area contributed by atoms with Crippen LogP contribution in [-0.2, 0) is 0 Å². The highest BCUT2D eigenvalue weighted by Gasteiger charge is 2.66. The van der Waals surface area contributed by atoms with Crippen LogP contribution in [0, 0.1) is 29.6 Å². The Morgan fingerprint density at radius 1 is 1.20 bits per heavy atom. The van der Waals surface area contributed by atoms with Crippen LogP contribution in [0.1, 0.15) is 44.2 Å². The van der Waals surface area contributed by atoms with Gasteiger partial charge in [-0.2, -0.15) is 0 Å². The highest BCUT2D eigenvalue weighted by atomic mass is 16.5. The molecule has 3 saturated carbocycles. The number of ether oxygens (including phenoxy) is 1. The molecule has 0 aliphatic heterocycles. The van der Waals surface area contributed by atoms with Crippen LogP contribution in [0.2, 0.25) is 0 Å². The minimum absolute atomic E-state index is 0.182. The van der Waals surface area contributed by atoms with Crippen LogP contribution in [0.5, 0.6) is 5.75 Å². The van der Waals surface area contributed by atoms with E-state index in [4.69, 9.17) is 10.5 Å². The van der Waals surface area contributed by atoms with Gasteiger partial charge in [-0.3, -0.25) is 0 Å². The van der Waals surface area contributed by atoms with E-state index in [2.05, 4.69) is 31.2 Å². The third kappa shape index (κ3) is 1.81. The highest BCUT2D eigenvalue weighted by Crippen LogP contribution is 2.72. The molecule has 108 valence electrons. The molecule has 2 nitrogen and oxygen atoms in total. The fraction of sp³-hybridized carbons (Fsp3) is 0.667. The summed E-state index contributed by atoms with van der Waals surface area (Å²) in [5, 5.41) is 0. The first-order valence-corrected chi connectivity index (χ1v) is 8.28. The van der Waals surface area contributed by atoms with Crippen LogP contribution < -0.4 is 10.5 Å². The van der Waals surface area contributed by atoms with Crippen molar-refractivity contribution in [3.8, 4) is 5.75 Å². The van der Waals surface area contributed by atoms with Crippen molar-refractivity contribution in [2.45, 2.75) is 38.6 Å². The summed E-state index contributed by atoms with van der Waals surface area (Å²) in [6.07, 6.45) is 5.46. The number of hydrogen-bond acceptors (Lipinski definition) is 2. The predicted molar refractivity (Wildman–Crippen MR) is 80.5 cm³/mol. The molecule has 20 heavy (non-hydrogen) atoms. The van der Waals surface area contributed by atoms with E-state index >= 15 is 0 Å². The van der Waals surface area contributed by atoms with Crippen LogP contribution in [0.3, 0.4) is 0 Å². The molecule has 2 N–H and O–H groups in total. The van der Waals surface area contributed by atoms with Gasteiger partial charge in [0, 0.05) is 11.6 Å². The van der Waals surface area contributed by atoms with Crippen molar-refractivity contribution >= 4 is 0 Å². The Morgan fingerprint density at radius 3 is 2.60 bits per heavy atom. The van der Waals surface area contributed by atoms with Crippen LogP contribution in [0.4, 0.5) is 0 Å².